The van der Waals surface area contributed by atoms with E-state index < -0.39 is 5.92 Å². The molecule has 1 saturated heterocycles. The fraction of sp³-hybridized carbons (Fsp3) is 0.333. The second-order valence-electron chi connectivity index (χ2n) is 5.29. The van der Waals surface area contributed by atoms with Crippen LogP contribution in [-0.2, 0) is 9.59 Å². The maximum atomic E-state index is 12.6. The molecule has 0 aromatic heterocycles. The Labute approximate surface area is 131 Å². The molecule has 1 aliphatic heterocycles. The van der Waals surface area contributed by atoms with Crippen LogP contribution in [0.1, 0.15) is 35.1 Å². The fourth-order valence-electron chi connectivity index (χ4n) is 2.87. The molecule has 0 aliphatic carbocycles. The quantitative estimate of drug-likeness (QED) is 0.614. The molecule has 1 fully saturated rings. The van der Waals surface area contributed by atoms with Crippen LogP contribution in [0.15, 0.2) is 12.1 Å². The molecule has 0 spiro atoms. The van der Waals surface area contributed by atoms with Gasteiger partial charge >= 0.3 is 0 Å². The van der Waals surface area contributed by atoms with Crippen molar-refractivity contribution in [2.75, 3.05) is 13.6 Å². The highest BCUT2D eigenvalue weighted by Crippen LogP contribution is 2.33. The van der Waals surface area contributed by atoms with Crippen molar-refractivity contribution in [3.05, 3.63) is 34.4 Å². The van der Waals surface area contributed by atoms with Gasteiger partial charge < -0.3 is 0 Å². The summed E-state index contributed by atoms with van der Waals surface area (Å²) in [4.78, 5) is 25.1. The summed E-state index contributed by atoms with van der Waals surface area (Å²) in [6.07, 6.45) is 5.28. The van der Waals surface area contributed by atoms with E-state index >= 15 is 0 Å². The van der Waals surface area contributed by atoms with Gasteiger partial charge in [0.05, 0.1) is 0 Å². The molecule has 0 radical (unpaired) electrons. The SMILES string of the molecule is C#CCN1C(=O)C(c2c(C)cc(C#CC)cc2C)C(=O)N1C. The number of aryl methyl sites for hydroxylation is 2. The number of amides is 2. The molecular weight excluding hydrogens is 276 g/mol. The van der Waals surface area contributed by atoms with Gasteiger partial charge in [-0.25, -0.2) is 5.01 Å². The average Bonchev–Trinajstić information content (AvgIpc) is 2.65. The molecule has 1 unspecified atom stereocenters. The van der Waals surface area contributed by atoms with Gasteiger partial charge in [-0.1, -0.05) is 11.8 Å². The standard InChI is InChI=1S/C18H18N2O2/c1-6-8-14-10-12(3)15(13(4)11-14)16-17(21)19(5)20(9-7-2)18(16)22/h2,10-11,16H,9H2,1,3-5H3. The van der Waals surface area contributed by atoms with Crippen LogP contribution >= 0.6 is 0 Å². The molecule has 112 valence electrons. The topological polar surface area (TPSA) is 40.6 Å². The lowest BCUT2D eigenvalue weighted by Gasteiger charge is -2.20. The van der Waals surface area contributed by atoms with Crippen molar-refractivity contribution < 1.29 is 9.59 Å². The maximum absolute atomic E-state index is 12.6. The summed E-state index contributed by atoms with van der Waals surface area (Å²) in [6.45, 7) is 5.66. The van der Waals surface area contributed by atoms with Crippen LogP contribution in [0, 0.1) is 38.0 Å². The van der Waals surface area contributed by atoms with E-state index in [0.717, 1.165) is 22.3 Å². The smallest absolute Gasteiger partial charge is 0.259 e. The summed E-state index contributed by atoms with van der Waals surface area (Å²) in [6, 6.07) is 3.81. The summed E-state index contributed by atoms with van der Waals surface area (Å²) in [5.74, 6) is 6.93. The molecule has 22 heavy (non-hydrogen) atoms. The zero-order valence-corrected chi connectivity index (χ0v) is 13.2. The van der Waals surface area contributed by atoms with Gasteiger partial charge in [0.15, 0.2) is 0 Å². The molecular formula is C18H18N2O2. The largest absolute Gasteiger partial charge is 0.272 e. The number of hydrazine groups is 1. The minimum Gasteiger partial charge on any atom is -0.272 e. The highest BCUT2D eigenvalue weighted by Gasteiger charge is 2.45. The van der Waals surface area contributed by atoms with E-state index in [2.05, 4.69) is 17.8 Å². The molecule has 4 nitrogen and oxygen atoms in total. The maximum Gasteiger partial charge on any atom is 0.259 e. The Morgan fingerprint density at radius 1 is 1.18 bits per heavy atom. The number of hydrogen-bond donors (Lipinski definition) is 0. The lowest BCUT2D eigenvalue weighted by molar-refractivity contribution is -0.142. The molecule has 4 heteroatoms. The average molecular weight is 294 g/mol. The van der Waals surface area contributed by atoms with E-state index in [0.29, 0.717) is 0 Å². The summed E-state index contributed by atoms with van der Waals surface area (Å²) in [5.41, 5.74) is 3.41. The molecule has 2 amide bonds. The minimum atomic E-state index is -0.818. The second-order valence-corrected chi connectivity index (χ2v) is 5.29. The highest BCUT2D eigenvalue weighted by atomic mass is 16.2. The van der Waals surface area contributed by atoms with Gasteiger partial charge in [-0.05, 0) is 49.6 Å². The van der Waals surface area contributed by atoms with Gasteiger partial charge in [-0.2, -0.15) is 0 Å². The Morgan fingerprint density at radius 2 is 1.77 bits per heavy atom. The number of likely N-dealkylation sites (N-methyl/N-ethyl adjacent to an activating group) is 1. The van der Waals surface area contributed by atoms with E-state index in [1.807, 2.05) is 26.0 Å². The first-order valence-electron chi connectivity index (χ1n) is 6.98. The van der Waals surface area contributed by atoms with Crippen molar-refractivity contribution >= 4 is 11.8 Å². The van der Waals surface area contributed by atoms with Crippen molar-refractivity contribution in [2.24, 2.45) is 0 Å². The lowest BCUT2D eigenvalue weighted by Crippen LogP contribution is -2.37. The fourth-order valence-corrected chi connectivity index (χ4v) is 2.87. The van der Waals surface area contributed by atoms with Crippen LogP contribution in [0.3, 0.4) is 0 Å². The zero-order valence-electron chi connectivity index (χ0n) is 13.2. The number of hydrogen-bond acceptors (Lipinski definition) is 2. The Balaban J connectivity index is 2.52. The molecule has 2 rings (SSSR count). The predicted molar refractivity (Wildman–Crippen MR) is 84.5 cm³/mol. The minimum absolute atomic E-state index is 0.0923. The molecule has 0 N–H and O–H groups in total. The van der Waals surface area contributed by atoms with Gasteiger partial charge in [0.2, 0.25) is 0 Å². The first-order chi connectivity index (χ1) is 10.4. The normalized spacial score (nSPS) is 17.3. The first kappa shape index (κ1) is 15.7. The van der Waals surface area contributed by atoms with Crippen molar-refractivity contribution in [2.45, 2.75) is 26.7 Å². The van der Waals surface area contributed by atoms with Crippen LogP contribution in [0.5, 0.6) is 0 Å². The molecule has 1 atom stereocenters. The van der Waals surface area contributed by atoms with E-state index in [1.165, 1.54) is 10.0 Å². The highest BCUT2D eigenvalue weighted by molar-refractivity contribution is 6.10. The predicted octanol–water partition coefficient (Wildman–Crippen LogP) is 1.61. The van der Waals surface area contributed by atoms with E-state index in [1.54, 1.807) is 14.0 Å². The van der Waals surface area contributed by atoms with E-state index in [9.17, 15) is 9.59 Å². The Bertz CT molecular complexity index is 724. The van der Waals surface area contributed by atoms with Crippen LogP contribution in [-0.4, -0.2) is 35.4 Å². The molecule has 1 aliphatic rings. The van der Waals surface area contributed by atoms with E-state index in [4.69, 9.17) is 6.42 Å². The third-order valence-corrected chi connectivity index (χ3v) is 3.82. The van der Waals surface area contributed by atoms with E-state index in [-0.39, 0.29) is 18.4 Å². The van der Waals surface area contributed by atoms with Crippen LogP contribution in [0.25, 0.3) is 0 Å². The zero-order chi connectivity index (χ0) is 16.4. The number of carbonyl (C=O) groups excluding carboxylic acids is 2. The Morgan fingerprint density at radius 3 is 2.27 bits per heavy atom. The first-order valence-corrected chi connectivity index (χ1v) is 6.98. The Hall–Kier alpha value is -2.72. The Kier molecular flexibility index (Phi) is 4.24. The number of rotatable bonds is 2. The number of carbonyl (C=O) groups is 2. The van der Waals surface area contributed by atoms with Gasteiger partial charge in [-0.3, -0.25) is 14.6 Å². The third kappa shape index (κ3) is 2.44. The third-order valence-electron chi connectivity index (χ3n) is 3.82. The summed E-state index contributed by atoms with van der Waals surface area (Å²) >= 11 is 0. The summed E-state index contributed by atoms with van der Waals surface area (Å²) < 4.78 is 0. The molecule has 1 heterocycles. The lowest BCUT2D eigenvalue weighted by atomic mass is 9.88. The number of nitrogens with zero attached hydrogens (tertiary/aromatic N) is 2. The van der Waals surface area contributed by atoms with Gasteiger partial charge in [-0.15, -0.1) is 12.3 Å². The van der Waals surface area contributed by atoms with Crippen LogP contribution in [0.2, 0.25) is 0 Å². The molecule has 1 aromatic rings. The van der Waals surface area contributed by atoms with Crippen LogP contribution < -0.4 is 0 Å². The molecule has 0 saturated carbocycles. The monoisotopic (exact) mass is 294 g/mol. The summed E-state index contributed by atoms with van der Waals surface area (Å²) in [5, 5.41) is 2.62. The van der Waals surface area contributed by atoms with Gasteiger partial charge in [0.1, 0.15) is 12.5 Å². The van der Waals surface area contributed by atoms with Gasteiger partial charge in [0, 0.05) is 12.6 Å². The van der Waals surface area contributed by atoms with Crippen molar-refractivity contribution in [1.29, 1.82) is 0 Å². The van der Waals surface area contributed by atoms with Crippen molar-refractivity contribution in [3.63, 3.8) is 0 Å². The molecule has 1 aromatic carbocycles. The number of terminal acetylenes is 1. The molecule has 0 bridgehead atoms. The van der Waals surface area contributed by atoms with Crippen LogP contribution in [0.4, 0.5) is 0 Å². The van der Waals surface area contributed by atoms with Crippen molar-refractivity contribution in [3.8, 4) is 24.2 Å². The second kappa shape index (κ2) is 5.95. The van der Waals surface area contributed by atoms with Crippen molar-refractivity contribution in [1.82, 2.24) is 10.0 Å². The summed E-state index contributed by atoms with van der Waals surface area (Å²) in [7, 11) is 1.57. The number of benzene rings is 1. The van der Waals surface area contributed by atoms with Gasteiger partial charge in [0.25, 0.3) is 11.8 Å².